The summed E-state index contributed by atoms with van der Waals surface area (Å²) < 4.78 is 39.7. The maximum Gasteiger partial charge on any atom is 0.417 e. The zero-order valence-corrected chi connectivity index (χ0v) is 15.2. The van der Waals surface area contributed by atoms with Gasteiger partial charge in [0, 0.05) is 12.2 Å². The number of alkyl halides is 3. The van der Waals surface area contributed by atoms with Crippen molar-refractivity contribution >= 4 is 5.91 Å². The lowest BCUT2D eigenvalue weighted by Gasteiger charge is -2.23. The van der Waals surface area contributed by atoms with E-state index in [9.17, 15) is 18.0 Å². The number of carbonyl (C=O) groups is 1. The normalized spacial score (nSPS) is 15.9. The molecule has 0 radical (unpaired) electrons. The molecule has 2 N–H and O–H groups in total. The van der Waals surface area contributed by atoms with Gasteiger partial charge in [0.05, 0.1) is 23.0 Å². The third-order valence-electron chi connectivity index (χ3n) is 4.56. The number of carbonyl (C=O) groups excluding carboxylic acids is 1. The van der Waals surface area contributed by atoms with Crippen LogP contribution in [-0.2, 0) is 6.18 Å². The summed E-state index contributed by atoms with van der Waals surface area (Å²) in [6.07, 6.45) is -0.508. The number of hydrogen-bond donors (Lipinski definition) is 2. The Morgan fingerprint density at radius 3 is 2.52 bits per heavy atom. The van der Waals surface area contributed by atoms with Crippen LogP contribution in [0.3, 0.4) is 0 Å². The van der Waals surface area contributed by atoms with E-state index >= 15 is 0 Å². The van der Waals surface area contributed by atoms with Gasteiger partial charge in [0.25, 0.3) is 5.91 Å². The quantitative estimate of drug-likeness (QED) is 0.854. The third-order valence-corrected chi connectivity index (χ3v) is 4.56. The van der Waals surface area contributed by atoms with Gasteiger partial charge in [-0.15, -0.1) is 0 Å². The molecule has 0 aromatic carbocycles. The summed E-state index contributed by atoms with van der Waals surface area (Å²) >= 11 is 0. The van der Waals surface area contributed by atoms with E-state index in [1.165, 1.54) is 16.9 Å². The number of rotatable bonds is 4. The molecular formula is C18H22F3N5O. The van der Waals surface area contributed by atoms with Crippen molar-refractivity contribution < 1.29 is 18.0 Å². The van der Waals surface area contributed by atoms with E-state index in [0.717, 1.165) is 38.2 Å². The maximum absolute atomic E-state index is 12.7. The molecule has 3 heterocycles. The first kappa shape index (κ1) is 19.3. The summed E-state index contributed by atoms with van der Waals surface area (Å²) in [5.41, 5.74) is 0.215. The van der Waals surface area contributed by atoms with Gasteiger partial charge in [-0.25, -0.2) is 9.67 Å². The van der Waals surface area contributed by atoms with Crippen molar-refractivity contribution in [3.8, 4) is 5.82 Å². The molecule has 0 bridgehead atoms. The van der Waals surface area contributed by atoms with E-state index in [0.29, 0.717) is 11.3 Å². The second-order valence-corrected chi connectivity index (χ2v) is 6.91. The first-order chi connectivity index (χ1) is 12.8. The number of pyridine rings is 1. The Kier molecular flexibility index (Phi) is 5.50. The molecule has 2 aromatic rings. The molecule has 0 saturated carbocycles. The van der Waals surface area contributed by atoms with Crippen molar-refractivity contribution in [3.05, 3.63) is 41.3 Å². The molecule has 27 heavy (non-hydrogen) atoms. The number of amides is 1. The van der Waals surface area contributed by atoms with Crippen LogP contribution in [0, 0.1) is 0 Å². The van der Waals surface area contributed by atoms with Crippen molar-refractivity contribution in [2.45, 2.75) is 44.8 Å². The van der Waals surface area contributed by atoms with E-state index in [-0.39, 0.29) is 23.7 Å². The molecule has 0 spiro atoms. The average molecular weight is 381 g/mol. The van der Waals surface area contributed by atoms with Gasteiger partial charge in [0.1, 0.15) is 0 Å². The third kappa shape index (κ3) is 4.29. The zero-order chi connectivity index (χ0) is 19.6. The smallest absolute Gasteiger partial charge is 0.349 e. The Bertz CT molecular complexity index is 792. The second-order valence-electron chi connectivity index (χ2n) is 6.91. The van der Waals surface area contributed by atoms with Crippen LogP contribution in [0.25, 0.3) is 5.82 Å². The van der Waals surface area contributed by atoms with E-state index < -0.39 is 11.7 Å². The highest BCUT2D eigenvalue weighted by Crippen LogP contribution is 2.29. The fraction of sp³-hybridized carbons (Fsp3) is 0.500. The highest BCUT2D eigenvalue weighted by atomic mass is 19.4. The Morgan fingerprint density at radius 2 is 1.96 bits per heavy atom. The van der Waals surface area contributed by atoms with Crippen LogP contribution in [0.1, 0.15) is 54.2 Å². The molecule has 9 heteroatoms. The van der Waals surface area contributed by atoms with Crippen LogP contribution in [-0.4, -0.2) is 39.8 Å². The molecule has 1 aliphatic heterocycles. The van der Waals surface area contributed by atoms with Crippen molar-refractivity contribution in [2.24, 2.45) is 0 Å². The van der Waals surface area contributed by atoms with E-state index in [1.807, 2.05) is 13.8 Å². The van der Waals surface area contributed by atoms with Gasteiger partial charge in [-0.05, 0) is 44.0 Å². The summed E-state index contributed by atoms with van der Waals surface area (Å²) in [6.45, 7) is 5.52. The topological polar surface area (TPSA) is 71.8 Å². The highest BCUT2D eigenvalue weighted by molar-refractivity contribution is 5.95. The molecule has 0 aliphatic carbocycles. The number of nitrogens with zero attached hydrogens (tertiary/aromatic N) is 3. The van der Waals surface area contributed by atoms with Crippen LogP contribution >= 0.6 is 0 Å². The summed E-state index contributed by atoms with van der Waals surface area (Å²) in [4.78, 5) is 16.6. The number of aromatic nitrogens is 3. The van der Waals surface area contributed by atoms with Crippen LogP contribution in [0.5, 0.6) is 0 Å². The maximum atomic E-state index is 12.7. The van der Waals surface area contributed by atoms with E-state index in [4.69, 9.17) is 0 Å². The molecule has 1 aliphatic rings. The lowest BCUT2D eigenvalue weighted by molar-refractivity contribution is -0.137. The lowest BCUT2D eigenvalue weighted by atomic mass is 10.0. The van der Waals surface area contributed by atoms with Crippen LogP contribution < -0.4 is 10.6 Å². The first-order valence-corrected chi connectivity index (χ1v) is 8.90. The molecule has 146 valence electrons. The monoisotopic (exact) mass is 381 g/mol. The summed E-state index contributed by atoms with van der Waals surface area (Å²) in [6, 6.07) is 2.32. The predicted molar refractivity (Wildman–Crippen MR) is 93.8 cm³/mol. The average Bonchev–Trinajstić information content (AvgIpc) is 3.07. The fourth-order valence-corrected chi connectivity index (χ4v) is 3.18. The van der Waals surface area contributed by atoms with Gasteiger partial charge < -0.3 is 10.6 Å². The molecule has 0 atom stereocenters. The molecule has 1 saturated heterocycles. The lowest BCUT2D eigenvalue weighted by Crippen LogP contribution is -2.42. The number of halogens is 3. The second kappa shape index (κ2) is 7.67. The van der Waals surface area contributed by atoms with Crippen molar-refractivity contribution in [1.82, 2.24) is 25.4 Å². The number of piperidine rings is 1. The molecule has 1 amide bonds. The minimum atomic E-state index is -4.45. The van der Waals surface area contributed by atoms with E-state index in [2.05, 4.69) is 20.7 Å². The Balaban J connectivity index is 1.88. The molecule has 3 rings (SSSR count). The van der Waals surface area contributed by atoms with Crippen molar-refractivity contribution in [1.29, 1.82) is 0 Å². The van der Waals surface area contributed by atoms with Crippen molar-refractivity contribution in [2.75, 3.05) is 13.1 Å². The van der Waals surface area contributed by atoms with Crippen LogP contribution in [0.2, 0.25) is 0 Å². The van der Waals surface area contributed by atoms with Gasteiger partial charge in [-0.3, -0.25) is 4.79 Å². The summed E-state index contributed by atoms with van der Waals surface area (Å²) in [7, 11) is 0. The first-order valence-electron chi connectivity index (χ1n) is 8.90. The van der Waals surface area contributed by atoms with Crippen molar-refractivity contribution in [3.63, 3.8) is 0 Å². The number of hydrogen-bond acceptors (Lipinski definition) is 4. The van der Waals surface area contributed by atoms with Gasteiger partial charge >= 0.3 is 6.18 Å². The van der Waals surface area contributed by atoms with Gasteiger partial charge in [0.15, 0.2) is 5.82 Å². The standard InChI is InChI=1S/C18H22F3N5O/c1-11(2)16-14(17(27)25-13-5-7-22-8-6-13)10-24-26(16)15-4-3-12(9-23-15)18(19,20)21/h3-4,9-11,13,22H,5-8H2,1-2H3,(H,25,27). The zero-order valence-electron chi connectivity index (χ0n) is 15.2. The van der Waals surface area contributed by atoms with E-state index in [1.54, 1.807) is 0 Å². The van der Waals surface area contributed by atoms with Gasteiger partial charge in [-0.2, -0.15) is 18.3 Å². The Morgan fingerprint density at radius 1 is 1.26 bits per heavy atom. The summed E-state index contributed by atoms with van der Waals surface area (Å²) in [5, 5.41) is 10.5. The predicted octanol–water partition coefficient (Wildman–Crippen LogP) is 2.89. The van der Waals surface area contributed by atoms with Gasteiger partial charge in [0.2, 0.25) is 0 Å². The molecular weight excluding hydrogens is 359 g/mol. The fourth-order valence-electron chi connectivity index (χ4n) is 3.18. The molecule has 2 aromatic heterocycles. The SMILES string of the molecule is CC(C)c1c(C(=O)NC2CCNCC2)cnn1-c1ccc(C(F)(F)F)cn1. The highest BCUT2D eigenvalue weighted by Gasteiger charge is 2.31. The van der Waals surface area contributed by atoms with Crippen LogP contribution in [0.4, 0.5) is 13.2 Å². The van der Waals surface area contributed by atoms with Gasteiger partial charge in [-0.1, -0.05) is 13.8 Å². The molecule has 1 fully saturated rings. The molecule has 0 unspecified atom stereocenters. The number of nitrogens with one attached hydrogen (secondary N) is 2. The van der Waals surface area contributed by atoms with Crippen LogP contribution in [0.15, 0.2) is 24.5 Å². The largest absolute Gasteiger partial charge is 0.417 e. The Labute approximate surface area is 155 Å². The Hall–Kier alpha value is -2.42. The molecule has 6 nitrogen and oxygen atoms in total. The summed E-state index contributed by atoms with van der Waals surface area (Å²) in [5.74, 6) is -0.0401. The minimum Gasteiger partial charge on any atom is -0.349 e. The minimum absolute atomic E-state index is 0.0645.